The Balaban J connectivity index is 1.54. The number of nitrogens with two attached hydrogens (primary N) is 1. The number of nitrogen functional groups attached to an aromatic ring is 1. The van der Waals surface area contributed by atoms with Gasteiger partial charge in [0.25, 0.3) is 0 Å². The molecular weight excluding hydrogens is 470 g/mol. The number of amides is 1. The van der Waals surface area contributed by atoms with Crippen LogP contribution in [0.5, 0.6) is 0 Å². The molecule has 1 aliphatic heterocycles. The molecule has 5 rings (SSSR count). The summed E-state index contributed by atoms with van der Waals surface area (Å²) in [7, 11) is 0. The number of halogens is 1. The summed E-state index contributed by atoms with van der Waals surface area (Å²) in [5.74, 6) is 1.28. The first-order valence-corrected chi connectivity index (χ1v) is 11.0. The van der Waals surface area contributed by atoms with E-state index in [9.17, 15) is 4.79 Å². The lowest BCUT2D eigenvalue weighted by atomic mass is 10.0. The van der Waals surface area contributed by atoms with Crippen LogP contribution in [-0.2, 0) is 4.79 Å². The molecule has 2 N–H and O–H groups in total. The van der Waals surface area contributed by atoms with Crippen LogP contribution < -0.4 is 10.6 Å². The van der Waals surface area contributed by atoms with Gasteiger partial charge in [-0.05, 0) is 41.5 Å². The second-order valence-corrected chi connectivity index (χ2v) is 8.47. The molecule has 8 nitrogen and oxygen atoms in total. The first-order chi connectivity index (χ1) is 15.6. The van der Waals surface area contributed by atoms with Crippen LogP contribution in [0.3, 0.4) is 0 Å². The molecule has 0 saturated carbocycles. The SMILES string of the molecule is Nc1ncnc2nc(-c3ccc(N4CCN(C=O)CC4)nc3)cc(-c3cccc(Br)c3)c12. The van der Waals surface area contributed by atoms with Crippen LogP contribution in [-0.4, -0.2) is 57.4 Å². The van der Waals surface area contributed by atoms with Crippen LogP contribution in [0, 0.1) is 0 Å². The van der Waals surface area contributed by atoms with Gasteiger partial charge in [-0.25, -0.2) is 19.9 Å². The zero-order chi connectivity index (χ0) is 22.1. The predicted molar refractivity (Wildman–Crippen MR) is 128 cm³/mol. The number of carbonyl (C=O) groups excluding carboxylic acids is 1. The van der Waals surface area contributed by atoms with Crippen molar-refractivity contribution in [2.45, 2.75) is 0 Å². The van der Waals surface area contributed by atoms with Crippen molar-refractivity contribution >= 4 is 45.0 Å². The molecule has 0 bridgehead atoms. The quantitative estimate of drug-likeness (QED) is 0.438. The highest BCUT2D eigenvalue weighted by Gasteiger charge is 2.18. The van der Waals surface area contributed by atoms with Gasteiger partial charge in [0.1, 0.15) is 18.0 Å². The monoisotopic (exact) mass is 489 g/mol. The van der Waals surface area contributed by atoms with Gasteiger partial charge < -0.3 is 15.5 Å². The van der Waals surface area contributed by atoms with E-state index < -0.39 is 0 Å². The van der Waals surface area contributed by atoms with Gasteiger partial charge in [0.15, 0.2) is 5.65 Å². The molecule has 1 fully saturated rings. The number of hydrogen-bond donors (Lipinski definition) is 1. The van der Waals surface area contributed by atoms with Gasteiger partial charge >= 0.3 is 0 Å². The maximum Gasteiger partial charge on any atom is 0.209 e. The van der Waals surface area contributed by atoms with Gasteiger partial charge in [0.2, 0.25) is 6.41 Å². The maximum absolute atomic E-state index is 10.9. The number of rotatable bonds is 4. The topological polar surface area (TPSA) is 101 Å². The Morgan fingerprint density at radius 3 is 2.53 bits per heavy atom. The number of benzene rings is 1. The standard InChI is InChI=1S/C23H20BrN7O/c24-17-3-1-2-15(10-17)18-11-19(29-23-21(18)22(25)27-13-28-23)16-4-5-20(26-12-16)31-8-6-30(14-32)7-9-31/h1-5,10-14H,6-9H2,(H2,25,27,28,29). The Morgan fingerprint density at radius 2 is 1.81 bits per heavy atom. The number of pyridine rings is 2. The van der Waals surface area contributed by atoms with Crippen LogP contribution >= 0.6 is 15.9 Å². The minimum atomic E-state index is 0.395. The van der Waals surface area contributed by atoms with Crippen molar-refractivity contribution in [3.8, 4) is 22.4 Å². The molecule has 3 aromatic heterocycles. The molecule has 1 amide bonds. The van der Waals surface area contributed by atoms with E-state index in [0.717, 1.165) is 57.6 Å². The third kappa shape index (κ3) is 3.87. The molecule has 9 heteroatoms. The molecule has 32 heavy (non-hydrogen) atoms. The van der Waals surface area contributed by atoms with E-state index in [1.165, 1.54) is 6.33 Å². The Hall–Kier alpha value is -3.59. The molecule has 1 aliphatic rings. The molecule has 1 saturated heterocycles. The number of anilines is 2. The second-order valence-electron chi connectivity index (χ2n) is 7.56. The normalized spacial score (nSPS) is 14.0. The fourth-order valence-electron chi connectivity index (χ4n) is 3.90. The maximum atomic E-state index is 10.9. The predicted octanol–water partition coefficient (Wildman–Crippen LogP) is 3.38. The van der Waals surface area contributed by atoms with E-state index in [-0.39, 0.29) is 0 Å². The van der Waals surface area contributed by atoms with Crippen molar-refractivity contribution in [1.29, 1.82) is 0 Å². The van der Waals surface area contributed by atoms with Crippen LogP contribution in [0.25, 0.3) is 33.4 Å². The summed E-state index contributed by atoms with van der Waals surface area (Å²) in [6, 6.07) is 14.0. The first-order valence-electron chi connectivity index (χ1n) is 10.2. The van der Waals surface area contributed by atoms with E-state index in [4.69, 9.17) is 10.7 Å². The lowest BCUT2D eigenvalue weighted by Gasteiger charge is -2.33. The summed E-state index contributed by atoms with van der Waals surface area (Å²) in [6.45, 7) is 2.94. The van der Waals surface area contributed by atoms with Crippen LogP contribution in [0.2, 0.25) is 0 Å². The average Bonchev–Trinajstić information content (AvgIpc) is 2.84. The molecule has 4 heterocycles. The van der Waals surface area contributed by atoms with Gasteiger partial charge in [-0.2, -0.15) is 0 Å². The summed E-state index contributed by atoms with van der Waals surface area (Å²) in [5, 5.41) is 0.729. The van der Waals surface area contributed by atoms with Crippen molar-refractivity contribution in [3.05, 3.63) is 59.5 Å². The lowest BCUT2D eigenvalue weighted by Crippen LogP contribution is -2.45. The molecule has 1 aromatic carbocycles. The van der Waals surface area contributed by atoms with Gasteiger partial charge in [-0.3, -0.25) is 4.79 Å². The highest BCUT2D eigenvalue weighted by molar-refractivity contribution is 9.10. The molecule has 0 spiro atoms. The van der Waals surface area contributed by atoms with Gasteiger partial charge in [0.05, 0.1) is 11.1 Å². The molecule has 0 radical (unpaired) electrons. The third-order valence-corrected chi connectivity index (χ3v) is 6.09. The largest absolute Gasteiger partial charge is 0.383 e. The van der Waals surface area contributed by atoms with E-state index in [0.29, 0.717) is 24.6 Å². The average molecular weight is 490 g/mol. The number of nitrogens with zero attached hydrogens (tertiary/aromatic N) is 6. The zero-order valence-electron chi connectivity index (χ0n) is 17.1. The number of piperazine rings is 1. The summed E-state index contributed by atoms with van der Waals surface area (Å²) in [5.41, 5.74) is 10.3. The van der Waals surface area contributed by atoms with Crippen LogP contribution in [0.15, 0.2) is 59.5 Å². The highest BCUT2D eigenvalue weighted by Crippen LogP contribution is 2.34. The summed E-state index contributed by atoms with van der Waals surface area (Å²) in [6.07, 6.45) is 4.16. The summed E-state index contributed by atoms with van der Waals surface area (Å²) in [4.78, 5) is 32.8. The Bertz CT molecular complexity index is 1290. The van der Waals surface area contributed by atoms with Crippen molar-refractivity contribution in [3.63, 3.8) is 0 Å². The molecule has 160 valence electrons. The molecule has 0 atom stereocenters. The van der Waals surface area contributed by atoms with E-state index in [2.05, 4.69) is 35.8 Å². The third-order valence-electron chi connectivity index (χ3n) is 5.60. The van der Waals surface area contributed by atoms with Crippen LogP contribution in [0.1, 0.15) is 0 Å². The number of aromatic nitrogens is 4. The Kier molecular flexibility index (Phi) is 5.40. The van der Waals surface area contributed by atoms with Crippen molar-refractivity contribution < 1.29 is 4.79 Å². The second kappa shape index (κ2) is 8.51. The van der Waals surface area contributed by atoms with Gasteiger partial charge in [-0.15, -0.1) is 0 Å². The smallest absolute Gasteiger partial charge is 0.209 e. The first kappa shape index (κ1) is 20.3. The fourth-order valence-corrected chi connectivity index (χ4v) is 4.30. The highest BCUT2D eigenvalue weighted by atomic mass is 79.9. The van der Waals surface area contributed by atoms with E-state index in [1.807, 2.05) is 48.7 Å². The molecule has 4 aromatic rings. The Morgan fingerprint density at radius 1 is 0.969 bits per heavy atom. The molecular formula is C23H20BrN7O. The zero-order valence-corrected chi connectivity index (χ0v) is 18.7. The lowest BCUT2D eigenvalue weighted by molar-refractivity contribution is -0.118. The van der Waals surface area contributed by atoms with Crippen molar-refractivity contribution in [2.24, 2.45) is 0 Å². The van der Waals surface area contributed by atoms with Crippen LogP contribution in [0.4, 0.5) is 11.6 Å². The fraction of sp³-hybridized carbons (Fsp3) is 0.174. The summed E-state index contributed by atoms with van der Waals surface area (Å²) >= 11 is 3.54. The molecule has 0 aliphatic carbocycles. The summed E-state index contributed by atoms with van der Waals surface area (Å²) < 4.78 is 0.970. The Labute approximate surface area is 193 Å². The van der Waals surface area contributed by atoms with Crippen molar-refractivity contribution in [1.82, 2.24) is 24.8 Å². The van der Waals surface area contributed by atoms with Crippen molar-refractivity contribution in [2.75, 3.05) is 36.8 Å². The minimum Gasteiger partial charge on any atom is -0.383 e. The molecule has 0 unspecified atom stereocenters. The number of hydrogen-bond acceptors (Lipinski definition) is 7. The van der Waals surface area contributed by atoms with Gasteiger partial charge in [-0.1, -0.05) is 28.1 Å². The van der Waals surface area contributed by atoms with E-state index >= 15 is 0 Å². The van der Waals surface area contributed by atoms with E-state index in [1.54, 1.807) is 4.90 Å². The van der Waals surface area contributed by atoms with Gasteiger partial charge in [0, 0.05) is 42.4 Å². The minimum absolute atomic E-state index is 0.395. The number of carbonyl (C=O) groups is 1. The number of fused-ring (bicyclic) bond motifs is 1.